The Morgan fingerprint density at radius 2 is 1.80 bits per heavy atom. The minimum Gasteiger partial charge on any atom is -0.320 e. The summed E-state index contributed by atoms with van der Waals surface area (Å²) in [6.07, 6.45) is 4.34. The zero-order valence-corrected chi connectivity index (χ0v) is 11.6. The summed E-state index contributed by atoms with van der Waals surface area (Å²) >= 11 is 1.55. The Hall–Kier alpha value is -1.33. The quantitative estimate of drug-likeness (QED) is 0.830. The van der Waals surface area contributed by atoms with Crippen molar-refractivity contribution >= 4 is 11.3 Å². The lowest BCUT2D eigenvalue weighted by Crippen LogP contribution is -2.13. The summed E-state index contributed by atoms with van der Waals surface area (Å²) in [5.41, 5.74) is 7.29. The first-order valence-corrected chi connectivity index (χ1v) is 7.40. The largest absolute Gasteiger partial charge is 0.320 e. The van der Waals surface area contributed by atoms with Gasteiger partial charge in [-0.3, -0.25) is 0 Å². The number of hydrogen-bond acceptors (Lipinski definition) is 2. The predicted molar refractivity (Wildman–Crippen MR) is 73.3 cm³/mol. The topological polar surface area (TPSA) is 26.0 Å². The van der Waals surface area contributed by atoms with E-state index < -0.39 is 23.5 Å². The van der Waals surface area contributed by atoms with Crippen molar-refractivity contribution < 1.29 is 13.2 Å². The standard InChI is InChI=1S/C15H14F3NS/c16-10-6-5-9(13(17)14(10)18)15(19)12-7-8-3-1-2-4-11(8)20-12/h5-7,15H,1-4,19H2. The second kappa shape index (κ2) is 5.22. The normalized spacial score (nSPS) is 16.0. The molecule has 0 spiro atoms. The molecule has 1 aliphatic carbocycles. The number of halogens is 3. The van der Waals surface area contributed by atoms with Crippen molar-refractivity contribution in [3.8, 4) is 0 Å². The zero-order valence-electron chi connectivity index (χ0n) is 10.8. The smallest absolute Gasteiger partial charge is 0.194 e. The van der Waals surface area contributed by atoms with Crippen molar-refractivity contribution in [3.05, 3.63) is 56.5 Å². The van der Waals surface area contributed by atoms with E-state index in [2.05, 4.69) is 0 Å². The Balaban J connectivity index is 1.98. The van der Waals surface area contributed by atoms with Crippen LogP contribution in [0.15, 0.2) is 18.2 Å². The third-order valence-electron chi connectivity index (χ3n) is 3.72. The number of fused-ring (bicyclic) bond motifs is 1. The van der Waals surface area contributed by atoms with Crippen molar-refractivity contribution in [1.82, 2.24) is 0 Å². The van der Waals surface area contributed by atoms with E-state index in [9.17, 15) is 13.2 Å². The molecule has 1 atom stereocenters. The van der Waals surface area contributed by atoms with Crippen molar-refractivity contribution in [2.75, 3.05) is 0 Å². The summed E-state index contributed by atoms with van der Waals surface area (Å²) in [6, 6.07) is 3.36. The fourth-order valence-corrected chi connectivity index (χ4v) is 3.88. The fraction of sp³-hybridized carbons (Fsp3) is 0.333. The molecule has 5 heteroatoms. The summed E-state index contributed by atoms with van der Waals surface area (Å²) < 4.78 is 40.0. The SMILES string of the molecule is NC(c1cc2c(s1)CCCC2)c1ccc(F)c(F)c1F. The van der Waals surface area contributed by atoms with E-state index in [1.54, 1.807) is 11.3 Å². The van der Waals surface area contributed by atoms with Gasteiger partial charge in [0.15, 0.2) is 17.5 Å². The molecule has 0 amide bonds. The molecule has 1 aliphatic rings. The number of thiophene rings is 1. The van der Waals surface area contributed by atoms with Gasteiger partial charge in [-0.15, -0.1) is 11.3 Å². The number of benzene rings is 1. The minimum absolute atomic E-state index is 0.00231. The molecule has 0 bridgehead atoms. The second-order valence-corrected chi connectivity index (χ2v) is 6.21. The van der Waals surface area contributed by atoms with E-state index in [4.69, 9.17) is 5.73 Å². The molecule has 0 aliphatic heterocycles. The van der Waals surface area contributed by atoms with Gasteiger partial charge < -0.3 is 5.73 Å². The monoisotopic (exact) mass is 297 g/mol. The minimum atomic E-state index is -1.46. The third-order valence-corrected chi connectivity index (χ3v) is 5.04. The molecule has 20 heavy (non-hydrogen) atoms. The van der Waals surface area contributed by atoms with Crippen molar-refractivity contribution in [3.63, 3.8) is 0 Å². The van der Waals surface area contributed by atoms with Crippen molar-refractivity contribution in [2.24, 2.45) is 5.73 Å². The Bertz CT molecular complexity index is 627. The highest BCUT2D eigenvalue weighted by Crippen LogP contribution is 2.35. The van der Waals surface area contributed by atoms with Crippen molar-refractivity contribution in [1.29, 1.82) is 0 Å². The summed E-state index contributed by atoms with van der Waals surface area (Å²) in [5.74, 6) is -3.84. The molecule has 2 N–H and O–H groups in total. The van der Waals surface area contributed by atoms with Gasteiger partial charge in [0.25, 0.3) is 0 Å². The highest BCUT2D eigenvalue weighted by molar-refractivity contribution is 7.12. The highest BCUT2D eigenvalue weighted by atomic mass is 32.1. The van der Waals surface area contributed by atoms with E-state index in [0.717, 1.165) is 36.6 Å². The summed E-state index contributed by atoms with van der Waals surface area (Å²) in [7, 11) is 0. The lowest BCUT2D eigenvalue weighted by molar-refractivity contribution is 0.439. The predicted octanol–water partition coefficient (Wildman–Crippen LogP) is 4.09. The van der Waals surface area contributed by atoms with Crippen LogP contribution in [-0.2, 0) is 12.8 Å². The Kier molecular flexibility index (Phi) is 3.56. The van der Waals surface area contributed by atoms with E-state index in [0.29, 0.717) is 0 Å². The van der Waals surface area contributed by atoms with Crippen LogP contribution in [0.3, 0.4) is 0 Å². The van der Waals surface area contributed by atoms with Gasteiger partial charge in [-0.05, 0) is 43.4 Å². The molecule has 0 fully saturated rings. The molecule has 0 radical (unpaired) electrons. The maximum Gasteiger partial charge on any atom is 0.194 e. The van der Waals surface area contributed by atoms with Crippen LogP contribution in [0, 0.1) is 17.5 Å². The van der Waals surface area contributed by atoms with Crippen LogP contribution < -0.4 is 5.73 Å². The van der Waals surface area contributed by atoms with Crippen LogP contribution in [0.25, 0.3) is 0 Å². The molecule has 1 nitrogen and oxygen atoms in total. The van der Waals surface area contributed by atoms with E-state index in [1.807, 2.05) is 6.07 Å². The maximum atomic E-state index is 13.8. The Morgan fingerprint density at radius 3 is 2.55 bits per heavy atom. The average molecular weight is 297 g/mol. The Morgan fingerprint density at radius 1 is 1.05 bits per heavy atom. The molecule has 0 saturated heterocycles. The lowest BCUT2D eigenvalue weighted by Gasteiger charge is -2.11. The van der Waals surface area contributed by atoms with E-state index in [-0.39, 0.29) is 5.56 Å². The third kappa shape index (κ3) is 2.25. The molecule has 106 valence electrons. The number of aryl methyl sites for hydroxylation is 2. The summed E-state index contributed by atoms with van der Waals surface area (Å²) in [6.45, 7) is 0. The molecule has 2 aromatic rings. The molecule has 1 heterocycles. The average Bonchev–Trinajstić information content (AvgIpc) is 2.88. The fourth-order valence-electron chi connectivity index (χ4n) is 2.60. The molecule has 3 rings (SSSR count). The van der Waals surface area contributed by atoms with Gasteiger partial charge in [-0.2, -0.15) is 0 Å². The molecular formula is C15H14F3NS. The molecular weight excluding hydrogens is 283 g/mol. The summed E-state index contributed by atoms with van der Waals surface area (Å²) in [5, 5.41) is 0. The van der Waals surface area contributed by atoms with Crippen LogP contribution in [0.1, 0.15) is 39.8 Å². The van der Waals surface area contributed by atoms with E-state index >= 15 is 0 Å². The molecule has 1 aromatic heterocycles. The van der Waals surface area contributed by atoms with Crippen LogP contribution in [0.4, 0.5) is 13.2 Å². The zero-order chi connectivity index (χ0) is 14.3. The van der Waals surface area contributed by atoms with Gasteiger partial charge in [0.1, 0.15) is 0 Å². The summed E-state index contributed by atoms with van der Waals surface area (Å²) in [4.78, 5) is 2.09. The molecule has 0 saturated carbocycles. The van der Waals surface area contributed by atoms with Gasteiger partial charge in [0.05, 0.1) is 6.04 Å². The number of nitrogens with two attached hydrogens (primary N) is 1. The molecule has 1 aromatic carbocycles. The van der Waals surface area contributed by atoms with Gasteiger partial charge in [0.2, 0.25) is 0 Å². The van der Waals surface area contributed by atoms with Crippen LogP contribution in [-0.4, -0.2) is 0 Å². The second-order valence-electron chi connectivity index (χ2n) is 5.05. The molecule has 1 unspecified atom stereocenters. The van der Waals surface area contributed by atoms with Gasteiger partial charge in [-0.25, -0.2) is 13.2 Å². The van der Waals surface area contributed by atoms with Gasteiger partial charge in [-0.1, -0.05) is 6.07 Å². The first kappa shape index (κ1) is 13.6. The Labute approximate surface area is 119 Å². The number of hydrogen-bond donors (Lipinski definition) is 1. The lowest BCUT2D eigenvalue weighted by atomic mass is 9.98. The first-order valence-electron chi connectivity index (χ1n) is 6.58. The first-order chi connectivity index (χ1) is 9.58. The number of rotatable bonds is 2. The van der Waals surface area contributed by atoms with Crippen LogP contribution in [0.2, 0.25) is 0 Å². The maximum absolute atomic E-state index is 13.8. The van der Waals surface area contributed by atoms with Crippen molar-refractivity contribution in [2.45, 2.75) is 31.7 Å². The highest BCUT2D eigenvalue weighted by Gasteiger charge is 2.22. The van der Waals surface area contributed by atoms with Gasteiger partial charge in [0, 0.05) is 15.3 Å². The van der Waals surface area contributed by atoms with E-state index in [1.165, 1.54) is 16.5 Å². The van der Waals surface area contributed by atoms with Gasteiger partial charge >= 0.3 is 0 Å². The van der Waals surface area contributed by atoms with Crippen LogP contribution >= 0.6 is 11.3 Å². The van der Waals surface area contributed by atoms with Crippen LogP contribution in [0.5, 0.6) is 0 Å².